The van der Waals surface area contributed by atoms with Crippen LogP contribution in [0.1, 0.15) is 50.1 Å². The van der Waals surface area contributed by atoms with Crippen molar-refractivity contribution in [3.8, 4) is 34.4 Å². The van der Waals surface area contributed by atoms with Gasteiger partial charge in [0.25, 0.3) is 0 Å². The van der Waals surface area contributed by atoms with Crippen LogP contribution in [-0.2, 0) is 5.41 Å². The van der Waals surface area contributed by atoms with E-state index in [0.717, 1.165) is 22.3 Å². The maximum absolute atomic E-state index is 9.44. The Morgan fingerprint density at radius 2 is 0.930 bits per heavy atom. The van der Waals surface area contributed by atoms with Gasteiger partial charge in [0.15, 0.2) is 0 Å². The third-order valence-electron chi connectivity index (χ3n) is 9.00. The molecule has 8 rings (SSSR count). The average molecular weight is 545 g/mol. The SMILES string of the molecule is N#Cc1ccc(C2=Cc3ccccc3C3(c4ccccc42)c2ccccc2-c2cc(-c4ccc(C#N)cc4)ccc23)cc1. The Labute approximate surface area is 251 Å². The molecule has 0 N–H and O–H groups in total. The number of nitriles is 2. The second kappa shape index (κ2) is 9.56. The first-order chi connectivity index (χ1) is 21.2. The first-order valence-electron chi connectivity index (χ1n) is 14.4. The second-order valence-corrected chi connectivity index (χ2v) is 11.1. The molecule has 2 heteroatoms. The fourth-order valence-corrected chi connectivity index (χ4v) is 7.13. The Morgan fingerprint density at radius 3 is 1.60 bits per heavy atom. The van der Waals surface area contributed by atoms with Gasteiger partial charge in [0, 0.05) is 0 Å². The van der Waals surface area contributed by atoms with E-state index in [-0.39, 0.29) is 0 Å². The second-order valence-electron chi connectivity index (χ2n) is 11.1. The molecule has 2 nitrogen and oxygen atoms in total. The standard InChI is InChI=1S/C41H24N2/c42-25-27-13-17-29(18-14-27)31-21-22-40-36(23-31)34-9-3-6-12-39(34)41(40)37-10-4-1-7-32(37)24-35(33-8-2-5-11-38(33)41)30-19-15-28(26-43)16-20-30/h1-24H. The largest absolute Gasteiger partial charge is 0.192 e. The molecule has 0 radical (unpaired) electrons. The Bertz CT molecular complexity index is 2190. The van der Waals surface area contributed by atoms with Gasteiger partial charge >= 0.3 is 0 Å². The van der Waals surface area contributed by atoms with Crippen molar-refractivity contribution in [2.45, 2.75) is 5.41 Å². The van der Waals surface area contributed by atoms with E-state index in [0.29, 0.717) is 11.1 Å². The number of hydrogen-bond donors (Lipinski definition) is 0. The lowest BCUT2D eigenvalue weighted by molar-refractivity contribution is 0.766. The smallest absolute Gasteiger partial charge is 0.0991 e. The summed E-state index contributed by atoms with van der Waals surface area (Å²) in [5, 5.41) is 18.7. The summed E-state index contributed by atoms with van der Waals surface area (Å²) in [6, 6.07) is 53.4. The maximum atomic E-state index is 9.44. The predicted octanol–water partition coefficient (Wildman–Crippen LogP) is 9.36. The number of nitrogens with zero attached hydrogens (tertiary/aromatic N) is 2. The van der Waals surface area contributed by atoms with Crippen molar-refractivity contribution in [3.63, 3.8) is 0 Å². The van der Waals surface area contributed by atoms with Crippen LogP contribution < -0.4 is 0 Å². The van der Waals surface area contributed by atoms with E-state index in [1.807, 2.05) is 36.4 Å². The first kappa shape index (κ1) is 24.8. The van der Waals surface area contributed by atoms with Gasteiger partial charge in [-0.05, 0) is 103 Å². The van der Waals surface area contributed by atoms with Crippen LogP contribution in [0.5, 0.6) is 0 Å². The van der Waals surface area contributed by atoms with Crippen molar-refractivity contribution in [2.75, 3.05) is 0 Å². The van der Waals surface area contributed by atoms with Crippen molar-refractivity contribution >= 4 is 11.6 Å². The van der Waals surface area contributed by atoms with Gasteiger partial charge in [-0.25, -0.2) is 0 Å². The highest BCUT2D eigenvalue weighted by Gasteiger charge is 2.49. The Morgan fingerprint density at radius 1 is 0.419 bits per heavy atom. The molecule has 0 amide bonds. The molecule has 6 aromatic carbocycles. The Balaban J connectivity index is 1.44. The third kappa shape index (κ3) is 3.58. The monoisotopic (exact) mass is 544 g/mol. The summed E-state index contributed by atoms with van der Waals surface area (Å²) in [7, 11) is 0. The van der Waals surface area contributed by atoms with Gasteiger partial charge in [-0.2, -0.15) is 10.5 Å². The molecule has 43 heavy (non-hydrogen) atoms. The maximum Gasteiger partial charge on any atom is 0.0991 e. The molecule has 1 spiro atoms. The molecular formula is C41H24N2. The minimum absolute atomic E-state index is 0.521. The third-order valence-corrected chi connectivity index (χ3v) is 9.00. The number of fused-ring (bicyclic) bond motifs is 9. The molecule has 198 valence electrons. The van der Waals surface area contributed by atoms with Crippen LogP contribution in [0, 0.1) is 22.7 Å². The van der Waals surface area contributed by atoms with Crippen LogP contribution in [0.2, 0.25) is 0 Å². The topological polar surface area (TPSA) is 47.6 Å². The van der Waals surface area contributed by atoms with Gasteiger partial charge in [-0.15, -0.1) is 0 Å². The quantitative estimate of drug-likeness (QED) is 0.218. The number of rotatable bonds is 2. The summed E-state index contributed by atoms with van der Waals surface area (Å²) in [5.41, 5.74) is 15.1. The van der Waals surface area contributed by atoms with Crippen LogP contribution >= 0.6 is 0 Å². The van der Waals surface area contributed by atoms with Crippen LogP contribution in [0.3, 0.4) is 0 Å². The van der Waals surface area contributed by atoms with E-state index in [2.05, 4.69) is 121 Å². The van der Waals surface area contributed by atoms with Crippen molar-refractivity contribution in [2.24, 2.45) is 0 Å². The molecule has 0 saturated carbocycles. The summed E-state index contributed by atoms with van der Waals surface area (Å²) >= 11 is 0. The summed E-state index contributed by atoms with van der Waals surface area (Å²) in [5.74, 6) is 0. The van der Waals surface area contributed by atoms with Crippen molar-refractivity contribution in [3.05, 3.63) is 190 Å². The van der Waals surface area contributed by atoms with Gasteiger partial charge in [0.1, 0.15) is 0 Å². The summed E-state index contributed by atoms with van der Waals surface area (Å²) in [6.45, 7) is 0. The molecule has 0 aliphatic heterocycles. The van der Waals surface area contributed by atoms with E-state index in [1.54, 1.807) is 0 Å². The molecule has 0 heterocycles. The van der Waals surface area contributed by atoms with Gasteiger partial charge in [0.2, 0.25) is 0 Å². The molecular weight excluding hydrogens is 520 g/mol. The molecule has 1 unspecified atom stereocenters. The van der Waals surface area contributed by atoms with E-state index in [1.165, 1.54) is 44.5 Å². The predicted molar refractivity (Wildman–Crippen MR) is 172 cm³/mol. The lowest BCUT2D eigenvalue weighted by Crippen LogP contribution is -2.30. The first-order valence-corrected chi connectivity index (χ1v) is 14.4. The molecule has 0 aromatic heterocycles. The lowest BCUT2D eigenvalue weighted by Gasteiger charge is -2.35. The zero-order chi connectivity index (χ0) is 29.0. The molecule has 0 bridgehead atoms. The fraction of sp³-hybridized carbons (Fsp3) is 0.0244. The highest BCUT2D eigenvalue weighted by molar-refractivity contribution is 5.99. The number of benzene rings is 6. The van der Waals surface area contributed by atoms with Crippen LogP contribution in [0.4, 0.5) is 0 Å². The molecule has 0 fully saturated rings. The van der Waals surface area contributed by atoms with Crippen molar-refractivity contribution < 1.29 is 0 Å². The summed E-state index contributed by atoms with van der Waals surface area (Å²) < 4.78 is 0. The van der Waals surface area contributed by atoms with Crippen molar-refractivity contribution in [1.29, 1.82) is 10.5 Å². The van der Waals surface area contributed by atoms with Crippen LogP contribution in [-0.4, -0.2) is 0 Å². The molecule has 2 aliphatic rings. The van der Waals surface area contributed by atoms with E-state index >= 15 is 0 Å². The molecule has 6 aromatic rings. The van der Waals surface area contributed by atoms with E-state index < -0.39 is 5.41 Å². The lowest BCUT2D eigenvalue weighted by atomic mass is 9.65. The minimum Gasteiger partial charge on any atom is -0.192 e. The van der Waals surface area contributed by atoms with E-state index in [4.69, 9.17) is 0 Å². The molecule has 0 saturated heterocycles. The van der Waals surface area contributed by atoms with E-state index in [9.17, 15) is 10.5 Å². The number of hydrogen-bond acceptors (Lipinski definition) is 2. The van der Waals surface area contributed by atoms with Crippen LogP contribution in [0.15, 0.2) is 140 Å². The average Bonchev–Trinajstić information content (AvgIpc) is 3.30. The summed E-state index contributed by atoms with van der Waals surface area (Å²) in [6.07, 6.45) is 2.32. The normalized spacial score (nSPS) is 15.6. The minimum atomic E-state index is -0.521. The fourth-order valence-electron chi connectivity index (χ4n) is 7.13. The highest BCUT2D eigenvalue weighted by atomic mass is 14.5. The highest BCUT2D eigenvalue weighted by Crippen LogP contribution is 2.59. The van der Waals surface area contributed by atoms with Crippen LogP contribution in [0.25, 0.3) is 33.9 Å². The zero-order valence-electron chi connectivity index (χ0n) is 23.3. The summed E-state index contributed by atoms with van der Waals surface area (Å²) in [4.78, 5) is 0. The molecule has 2 aliphatic carbocycles. The van der Waals surface area contributed by atoms with Gasteiger partial charge < -0.3 is 0 Å². The Kier molecular flexibility index (Phi) is 5.51. The van der Waals surface area contributed by atoms with Crippen molar-refractivity contribution in [1.82, 2.24) is 0 Å². The Hall–Kier alpha value is -5.96. The zero-order valence-corrected chi connectivity index (χ0v) is 23.3. The van der Waals surface area contributed by atoms with Gasteiger partial charge in [-0.3, -0.25) is 0 Å². The van der Waals surface area contributed by atoms with Gasteiger partial charge in [0.05, 0.1) is 28.7 Å². The van der Waals surface area contributed by atoms with Gasteiger partial charge in [-0.1, -0.05) is 109 Å². The molecule has 1 atom stereocenters.